The lowest BCUT2D eigenvalue weighted by molar-refractivity contribution is -0.116. The standard InChI is InChI=1S/C29H29N5OS/c1-20-11-12-21(2)25(18-20)31-26(35)14-17-34-28(27(32-29(34)36)24-10-6-7-15-30-24)22-13-16-33(19-22)23-8-4-3-5-9-23/h3-13,15-16,18-19,27-28H,14,17H2,1-2H3,(H,31,35)(H,32,36). The number of amides is 1. The third-order valence-corrected chi connectivity index (χ3v) is 6.91. The van der Waals surface area contributed by atoms with Crippen LogP contribution in [-0.2, 0) is 4.79 Å². The third-order valence-electron chi connectivity index (χ3n) is 6.56. The molecule has 1 saturated heterocycles. The molecular weight excluding hydrogens is 466 g/mol. The molecule has 2 aromatic carbocycles. The van der Waals surface area contributed by atoms with Crippen LogP contribution in [0.15, 0.2) is 91.4 Å². The molecule has 2 aromatic heterocycles. The third kappa shape index (κ3) is 5.02. The summed E-state index contributed by atoms with van der Waals surface area (Å²) in [5.74, 6) is -0.0339. The van der Waals surface area contributed by atoms with E-state index in [1.54, 1.807) is 6.20 Å². The van der Waals surface area contributed by atoms with Crippen molar-refractivity contribution >= 4 is 28.9 Å². The normalized spacial score (nSPS) is 17.2. The van der Waals surface area contributed by atoms with Gasteiger partial charge in [0.1, 0.15) is 0 Å². The van der Waals surface area contributed by atoms with E-state index < -0.39 is 0 Å². The molecule has 1 fully saturated rings. The Balaban J connectivity index is 1.39. The molecule has 0 saturated carbocycles. The first kappa shape index (κ1) is 23.8. The smallest absolute Gasteiger partial charge is 0.226 e. The molecule has 0 radical (unpaired) electrons. The number of nitrogens with zero attached hydrogens (tertiary/aromatic N) is 3. The van der Waals surface area contributed by atoms with Crippen LogP contribution in [0.5, 0.6) is 0 Å². The van der Waals surface area contributed by atoms with Gasteiger partial charge in [-0.05, 0) is 79.2 Å². The molecule has 2 atom stereocenters. The molecule has 2 N–H and O–H groups in total. The maximum atomic E-state index is 12.9. The highest BCUT2D eigenvalue weighted by molar-refractivity contribution is 7.80. The molecule has 182 valence electrons. The second-order valence-electron chi connectivity index (χ2n) is 9.12. The van der Waals surface area contributed by atoms with Crippen LogP contribution in [-0.4, -0.2) is 32.0 Å². The maximum absolute atomic E-state index is 12.9. The van der Waals surface area contributed by atoms with Crippen LogP contribution >= 0.6 is 12.2 Å². The molecule has 5 rings (SSSR count). The molecule has 4 aromatic rings. The van der Waals surface area contributed by atoms with Gasteiger partial charge in [0.25, 0.3) is 0 Å². The number of thiocarbonyl (C=S) groups is 1. The predicted octanol–water partition coefficient (Wildman–Crippen LogP) is 5.49. The van der Waals surface area contributed by atoms with Crippen LogP contribution in [0.25, 0.3) is 5.69 Å². The van der Waals surface area contributed by atoms with Gasteiger partial charge in [-0.1, -0.05) is 36.4 Å². The van der Waals surface area contributed by atoms with E-state index in [1.165, 1.54) is 0 Å². The van der Waals surface area contributed by atoms with Gasteiger partial charge in [-0.2, -0.15) is 0 Å². The second-order valence-corrected chi connectivity index (χ2v) is 9.51. The summed E-state index contributed by atoms with van der Waals surface area (Å²) in [4.78, 5) is 19.6. The van der Waals surface area contributed by atoms with Crippen molar-refractivity contribution < 1.29 is 4.79 Å². The summed E-state index contributed by atoms with van der Waals surface area (Å²) in [6.07, 6.45) is 6.31. The highest BCUT2D eigenvalue weighted by atomic mass is 32.1. The molecule has 1 amide bonds. The van der Waals surface area contributed by atoms with Crippen molar-refractivity contribution in [3.8, 4) is 5.69 Å². The van der Waals surface area contributed by atoms with Crippen LogP contribution in [0.4, 0.5) is 5.69 Å². The average molecular weight is 496 g/mol. The maximum Gasteiger partial charge on any atom is 0.226 e. The first-order chi connectivity index (χ1) is 17.5. The predicted molar refractivity (Wildman–Crippen MR) is 147 cm³/mol. The minimum absolute atomic E-state index is 0.0339. The summed E-state index contributed by atoms with van der Waals surface area (Å²) < 4.78 is 2.11. The molecule has 6 nitrogen and oxygen atoms in total. The van der Waals surface area contributed by atoms with Gasteiger partial charge in [-0.15, -0.1) is 0 Å². The Labute approximate surface area is 217 Å². The Morgan fingerprint density at radius 3 is 2.64 bits per heavy atom. The summed E-state index contributed by atoms with van der Waals surface area (Å²) in [5.41, 5.74) is 6.12. The van der Waals surface area contributed by atoms with Crippen LogP contribution in [0.3, 0.4) is 0 Å². The fourth-order valence-corrected chi connectivity index (χ4v) is 5.00. The van der Waals surface area contributed by atoms with Crippen molar-refractivity contribution in [1.82, 2.24) is 19.8 Å². The molecule has 36 heavy (non-hydrogen) atoms. The van der Waals surface area contributed by atoms with E-state index in [0.717, 1.165) is 33.8 Å². The van der Waals surface area contributed by atoms with E-state index >= 15 is 0 Å². The number of aromatic nitrogens is 2. The monoisotopic (exact) mass is 495 g/mol. The van der Waals surface area contributed by atoms with Crippen molar-refractivity contribution in [3.63, 3.8) is 0 Å². The van der Waals surface area contributed by atoms with Gasteiger partial charge in [-0.25, -0.2) is 0 Å². The lowest BCUT2D eigenvalue weighted by Gasteiger charge is -2.27. The molecule has 0 bridgehead atoms. The van der Waals surface area contributed by atoms with Crippen molar-refractivity contribution in [2.45, 2.75) is 32.4 Å². The Bertz CT molecular complexity index is 1370. The summed E-state index contributed by atoms with van der Waals surface area (Å²) >= 11 is 5.76. The molecule has 0 spiro atoms. The van der Waals surface area contributed by atoms with Gasteiger partial charge in [0, 0.05) is 42.9 Å². The van der Waals surface area contributed by atoms with E-state index in [-0.39, 0.29) is 18.0 Å². The van der Waals surface area contributed by atoms with Crippen LogP contribution < -0.4 is 10.6 Å². The van der Waals surface area contributed by atoms with Gasteiger partial charge in [0.15, 0.2) is 5.11 Å². The van der Waals surface area contributed by atoms with E-state index in [4.69, 9.17) is 12.2 Å². The van der Waals surface area contributed by atoms with Crippen molar-refractivity contribution in [2.24, 2.45) is 0 Å². The Kier molecular flexibility index (Phi) is 6.82. The Hall–Kier alpha value is -3.97. The van der Waals surface area contributed by atoms with Gasteiger partial charge in [-0.3, -0.25) is 9.78 Å². The molecule has 1 aliphatic rings. The largest absolute Gasteiger partial charge is 0.352 e. The summed E-state index contributed by atoms with van der Waals surface area (Å²) in [6.45, 7) is 4.51. The second kappa shape index (κ2) is 10.3. The number of pyridine rings is 1. The molecular formula is C29H29N5OS. The zero-order chi connectivity index (χ0) is 25.1. The van der Waals surface area contributed by atoms with E-state index in [2.05, 4.69) is 55.7 Å². The highest BCUT2D eigenvalue weighted by Crippen LogP contribution is 2.39. The Morgan fingerprint density at radius 1 is 1.06 bits per heavy atom. The minimum atomic E-state index is -0.118. The number of carbonyl (C=O) groups is 1. The van der Waals surface area contributed by atoms with Crippen LogP contribution in [0.2, 0.25) is 0 Å². The number of anilines is 1. The molecule has 2 unspecified atom stereocenters. The fraction of sp³-hybridized carbons (Fsp3) is 0.207. The summed E-state index contributed by atoms with van der Waals surface area (Å²) in [7, 11) is 0. The van der Waals surface area contributed by atoms with Crippen LogP contribution in [0.1, 0.15) is 40.9 Å². The minimum Gasteiger partial charge on any atom is -0.352 e. The number of hydrogen-bond donors (Lipinski definition) is 2. The van der Waals surface area contributed by atoms with Crippen molar-refractivity contribution in [1.29, 1.82) is 0 Å². The number of nitrogens with one attached hydrogen (secondary N) is 2. The van der Waals surface area contributed by atoms with Gasteiger partial charge >= 0.3 is 0 Å². The first-order valence-electron chi connectivity index (χ1n) is 12.1. The first-order valence-corrected chi connectivity index (χ1v) is 12.5. The van der Waals surface area contributed by atoms with Gasteiger partial charge < -0.3 is 20.1 Å². The lowest BCUT2D eigenvalue weighted by atomic mass is 9.99. The van der Waals surface area contributed by atoms with E-state index in [1.807, 2.05) is 68.4 Å². The summed E-state index contributed by atoms with van der Waals surface area (Å²) in [6, 6.07) is 24.1. The number of para-hydroxylation sites is 1. The average Bonchev–Trinajstić information content (AvgIpc) is 3.50. The topological polar surface area (TPSA) is 62.2 Å². The summed E-state index contributed by atoms with van der Waals surface area (Å²) in [5, 5.41) is 7.16. The lowest BCUT2D eigenvalue weighted by Crippen LogP contribution is -2.32. The zero-order valence-corrected chi connectivity index (χ0v) is 21.2. The molecule has 7 heteroatoms. The quantitative estimate of drug-likeness (QED) is 0.332. The van der Waals surface area contributed by atoms with Gasteiger partial charge in [0.05, 0.1) is 17.8 Å². The van der Waals surface area contributed by atoms with E-state index in [9.17, 15) is 4.79 Å². The number of hydrogen-bond acceptors (Lipinski definition) is 3. The molecule has 1 aliphatic heterocycles. The number of carbonyl (C=O) groups excluding carboxylic acids is 1. The number of rotatable bonds is 7. The Morgan fingerprint density at radius 2 is 1.86 bits per heavy atom. The zero-order valence-electron chi connectivity index (χ0n) is 20.4. The number of aryl methyl sites for hydroxylation is 2. The van der Waals surface area contributed by atoms with E-state index in [0.29, 0.717) is 18.1 Å². The highest BCUT2D eigenvalue weighted by Gasteiger charge is 2.40. The SMILES string of the molecule is Cc1ccc(C)c(NC(=O)CCN2C(=S)NC(c3ccccn3)C2c2ccn(-c3ccccc3)c2)c1. The molecule has 0 aliphatic carbocycles. The van der Waals surface area contributed by atoms with Gasteiger partial charge in [0.2, 0.25) is 5.91 Å². The van der Waals surface area contributed by atoms with Crippen molar-refractivity contribution in [3.05, 3.63) is 114 Å². The van der Waals surface area contributed by atoms with Crippen molar-refractivity contribution in [2.75, 3.05) is 11.9 Å². The molecule has 3 heterocycles. The van der Waals surface area contributed by atoms with Crippen LogP contribution in [0, 0.1) is 13.8 Å². The fourth-order valence-electron chi connectivity index (χ4n) is 4.66. The number of benzene rings is 2.